The van der Waals surface area contributed by atoms with Gasteiger partial charge in [0.05, 0.1) is 54.0 Å². The van der Waals surface area contributed by atoms with Gasteiger partial charge in [0.1, 0.15) is 110 Å². The minimum absolute atomic E-state index is 0.00247. The highest BCUT2D eigenvalue weighted by Gasteiger charge is 2.25. The summed E-state index contributed by atoms with van der Waals surface area (Å²) in [4.78, 5) is 147. The number of aliphatic hydroxyl groups is 1. The average molecular weight is 2050 g/mol. The number of carbonyl (C=O) groups excluding carboxylic acids is 6. The van der Waals surface area contributed by atoms with Crippen molar-refractivity contribution in [3.8, 4) is 141 Å². The van der Waals surface area contributed by atoms with E-state index in [1.54, 1.807) is 110 Å². The van der Waals surface area contributed by atoms with Crippen molar-refractivity contribution < 1.29 is 150 Å². The Bertz CT molecular complexity index is 7190. The molecule has 0 fully saturated rings. The van der Waals surface area contributed by atoms with Gasteiger partial charge in [-0.1, -0.05) is 60.7 Å². The maximum atomic E-state index is 12.7. The van der Waals surface area contributed by atoms with E-state index in [9.17, 15) is 125 Å². The number of amides is 2. The lowest BCUT2D eigenvalue weighted by molar-refractivity contribution is -0.137. The zero-order valence-electron chi connectivity index (χ0n) is 75.9. The summed E-state index contributed by atoms with van der Waals surface area (Å²) in [5.74, 6) is -9.52. The highest BCUT2D eigenvalue weighted by molar-refractivity contribution is 7.16. The predicted molar refractivity (Wildman–Crippen MR) is 532 cm³/mol. The summed E-state index contributed by atoms with van der Waals surface area (Å²) in [6.07, 6.45) is 5.22. The molecule has 7 heterocycles. The molecule has 0 spiro atoms. The van der Waals surface area contributed by atoms with Crippen molar-refractivity contribution in [3.05, 3.63) is 298 Å². The van der Waals surface area contributed by atoms with Crippen molar-refractivity contribution >= 4 is 121 Å². The molecule has 0 radical (unpaired) electrons. The molecule has 0 atom stereocenters. The Morgan fingerprint density at radius 1 is 0.359 bits per heavy atom. The van der Waals surface area contributed by atoms with Gasteiger partial charge >= 0.3 is 23.9 Å². The summed E-state index contributed by atoms with van der Waals surface area (Å²) in [5, 5.41) is 196. The molecule has 38 nitrogen and oxygen atoms in total. The van der Waals surface area contributed by atoms with Crippen molar-refractivity contribution in [1.82, 2.24) is 24.9 Å². The first kappa shape index (κ1) is 107. The molecule has 0 aliphatic heterocycles. The van der Waals surface area contributed by atoms with Crippen LogP contribution in [0.5, 0.6) is 86.2 Å². The molecule has 145 heavy (non-hydrogen) atoms. The quantitative estimate of drug-likeness (QED) is 0.0132. The first-order valence-electron chi connectivity index (χ1n) is 43.1. The first-order chi connectivity index (χ1) is 69.0. The van der Waals surface area contributed by atoms with Gasteiger partial charge < -0.3 is 113 Å². The van der Waals surface area contributed by atoms with Gasteiger partial charge in [0.2, 0.25) is 17.5 Å². The molecule has 0 unspecified atom stereocenters. The Kier molecular flexibility index (Phi) is 36.7. The number of aliphatic hydroxyl groups excluding tert-OH is 1. The van der Waals surface area contributed by atoms with E-state index in [1.807, 2.05) is 24.3 Å². The van der Waals surface area contributed by atoms with Gasteiger partial charge in [-0.25, -0.2) is 24.8 Å². The second kappa shape index (κ2) is 49.6. The molecular weight excluding hydrogens is 1960 g/mol. The number of nitrogens with zero attached hydrogens (tertiary/aromatic N) is 6. The number of thiophene rings is 4. The third-order valence-corrected chi connectivity index (χ3v) is 25.2. The van der Waals surface area contributed by atoms with Crippen molar-refractivity contribution in [2.24, 2.45) is 0 Å². The lowest BCUT2D eigenvalue weighted by atomic mass is 9.97. The van der Waals surface area contributed by atoms with Gasteiger partial charge in [0.25, 0.3) is 0 Å². The molecule has 8 aromatic carbocycles. The number of aliphatic carboxylic acids is 4. The van der Waals surface area contributed by atoms with E-state index in [-0.39, 0.29) is 249 Å². The number of benzene rings is 8. The van der Waals surface area contributed by atoms with Gasteiger partial charge in [-0.15, -0.1) is 45.3 Å². The number of carboxylic acids is 4. The molecular formula is C103H88N8O30S4. The summed E-state index contributed by atoms with van der Waals surface area (Å²) in [5.41, 5.74) is 5.87. The van der Waals surface area contributed by atoms with Crippen LogP contribution in [-0.2, 0) is 109 Å². The highest BCUT2D eigenvalue weighted by atomic mass is 32.1. The van der Waals surface area contributed by atoms with Crippen LogP contribution in [0.3, 0.4) is 0 Å². The number of ketones is 4. The number of aromatic hydroxyl groups is 15. The minimum atomic E-state index is -0.962. The van der Waals surface area contributed by atoms with E-state index in [0.29, 0.717) is 69.4 Å². The molecule has 2 amide bonds. The van der Waals surface area contributed by atoms with E-state index in [1.165, 1.54) is 70.0 Å². The fraction of sp³-hybridized carbons (Fsp3) is 0.146. The summed E-state index contributed by atoms with van der Waals surface area (Å²) < 4.78 is 0. The molecule has 22 N–H and O–H groups in total. The zero-order chi connectivity index (χ0) is 105. The van der Waals surface area contributed by atoms with Crippen LogP contribution >= 0.6 is 45.3 Å². The largest absolute Gasteiger partial charge is 0.508 e. The number of phenols is 15. The lowest BCUT2D eigenvalue weighted by Gasteiger charge is -2.11. The maximum Gasteiger partial charge on any atom is 0.308 e. The Labute approximate surface area is 838 Å². The Hall–Kier alpha value is -18.2. The van der Waals surface area contributed by atoms with Crippen LogP contribution in [0.4, 0.5) is 17.2 Å². The highest BCUT2D eigenvalue weighted by Crippen LogP contribution is 2.45. The van der Waals surface area contributed by atoms with Crippen LogP contribution in [0.25, 0.3) is 59.4 Å². The number of Topliss-reactive ketones (excluding diaryl/α,β-unsaturated/α-hetero) is 4. The fourth-order valence-corrected chi connectivity index (χ4v) is 18.3. The van der Waals surface area contributed by atoms with Gasteiger partial charge in [0, 0.05) is 215 Å². The van der Waals surface area contributed by atoms with E-state index >= 15 is 0 Å². The van der Waals surface area contributed by atoms with Crippen molar-refractivity contribution in [2.75, 3.05) is 17.2 Å². The van der Waals surface area contributed by atoms with Gasteiger partial charge in [-0.3, -0.25) is 52.9 Å². The fourth-order valence-electron chi connectivity index (χ4n) is 14.3. The molecule has 0 saturated heterocycles. The molecule has 0 saturated carbocycles. The number of aromatic nitrogens is 5. The lowest BCUT2D eigenvalue weighted by Crippen LogP contribution is -2.14. The summed E-state index contributed by atoms with van der Waals surface area (Å²) in [6, 6.07) is 46.8. The number of carboxylic acid groups (broad SMARTS) is 4. The van der Waals surface area contributed by atoms with Crippen molar-refractivity contribution in [3.63, 3.8) is 0 Å². The predicted octanol–water partition coefficient (Wildman–Crippen LogP) is 15.4. The van der Waals surface area contributed by atoms with Crippen molar-refractivity contribution in [2.45, 2.75) is 90.4 Å². The molecule has 42 heteroatoms. The van der Waals surface area contributed by atoms with Crippen LogP contribution in [0, 0.1) is 13.5 Å². The molecule has 0 aliphatic carbocycles. The SMILES string of the molecule is Cc1ncc(-c2cccc(CC(=O)CO)c2)c(CC(=O)Cc2c(O)cc(O)cc2O)n1.O=C(O)Cc1ccc(-c2ccccc2NC(=O)CCc2c(O)cc(O)cc2O)s1.O=C(O)Cc1ccc(CC(=O)c2cccc(-c3c(O)cc(O)cc3O)c2)s1.O=C(O)Cc1ccc(CC(=O)c2cncc(-c3c(O)cc(O)cc3O)c2)s1.[C-]#[N+]c1cnc(-c2ccc(CC(=O)O)s2)nc1NC(=O)CCc1c(O)cc(O)cc1O. The van der Waals surface area contributed by atoms with Crippen LogP contribution in [0.2, 0.25) is 0 Å². The number of nitrogens with one attached hydrogen (secondary N) is 2. The second-order valence-electron chi connectivity index (χ2n) is 31.8. The van der Waals surface area contributed by atoms with Gasteiger partial charge in [-0.05, 0) is 103 Å². The number of phenolic OH excluding ortho intramolecular Hbond substituents is 15. The number of carbonyl (C=O) groups is 10. The number of aryl methyl sites for hydroxylation is 1. The maximum absolute atomic E-state index is 12.7. The smallest absolute Gasteiger partial charge is 0.308 e. The average Bonchev–Trinajstić information content (AvgIpc) is 1.23. The third-order valence-electron chi connectivity index (χ3n) is 20.9. The van der Waals surface area contributed by atoms with Gasteiger partial charge in [-0.2, -0.15) is 0 Å². The summed E-state index contributed by atoms with van der Waals surface area (Å²) in [6.45, 7) is 8.41. The molecule has 7 aromatic heterocycles. The normalized spacial score (nSPS) is 10.6. The summed E-state index contributed by atoms with van der Waals surface area (Å²) in [7, 11) is 0. The number of rotatable bonds is 34. The van der Waals surface area contributed by atoms with Crippen LogP contribution < -0.4 is 10.6 Å². The molecule has 15 rings (SSSR count). The Balaban J connectivity index is 0.000000173. The van der Waals surface area contributed by atoms with Crippen LogP contribution in [-0.4, -0.2) is 192 Å². The van der Waals surface area contributed by atoms with E-state index in [2.05, 4.69) is 40.4 Å². The number of pyridine rings is 1. The van der Waals surface area contributed by atoms with Crippen LogP contribution in [0.1, 0.15) is 96.6 Å². The minimum Gasteiger partial charge on any atom is -0.508 e. The van der Waals surface area contributed by atoms with Gasteiger partial charge in [0.15, 0.2) is 23.2 Å². The van der Waals surface area contributed by atoms with E-state index < -0.39 is 36.4 Å². The Morgan fingerprint density at radius 2 is 0.786 bits per heavy atom. The molecule has 744 valence electrons. The Morgan fingerprint density at radius 3 is 1.29 bits per heavy atom. The number of anilines is 2. The topological polar surface area (TPSA) is 668 Å². The molecule has 15 aromatic rings. The molecule has 0 aliphatic rings. The van der Waals surface area contributed by atoms with E-state index in [4.69, 9.17) is 32.1 Å². The van der Waals surface area contributed by atoms with E-state index in [0.717, 1.165) is 86.4 Å². The second-order valence-corrected chi connectivity index (χ2v) is 36.7. The van der Waals surface area contributed by atoms with Crippen LogP contribution in [0.15, 0.2) is 213 Å². The number of hydrogen-bond acceptors (Lipinski definition) is 35. The van der Waals surface area contributed by atoms with Crippen molar-refractivity contribution in [1.29, 1.82) is 0 Å². The first-order valence-corrected chi connectivity index (χ1v) is 46.3. The zero-order valence-corrected chi connectivity index (χ0v) is 79.2. The monoisotopic (exact) mass is 2040 g/mol. The molecule has 0 bridgehead atoms. The third kappa shape index (κ3) is 30.7. The number of hydrogen-bond donors (Lipinski definition) is 22. The standard InChI is InChI=1S/C23H22N2O6.C21H19NO6S.C20H16N4O6S.C20H16O6S.C19H15NO6S/c1-13-24-11-20(15-4-2-3-14(5-15)6-18(29)12-26)21(25-13)8-16(27)7-19-22(30)9-17(28)10-23(19)31;23-12-9-17(24)15(18(25)10-12)6-8-20(26)22-16-4-2-1-3-14(16)19-7-5-13(29-19)11-21(27)28;1-21-13-9-22-20(16-4-2-11(31-16)8-18(29)30)24-19(13)23-17(28)5-3-12-14(26)6-10(25)7-15(12)27;21-13-7-17(23)20(18(24)8-13)12-3-1-2-11(6-12)16(22)9-14-4-5-15(27-14)10-19(25)26;21-12-4-16(23)19(17(24)5-12)11-3-10(8-20-9-11)15(22)6-13-1-2-14(27-13)7-18(25)26/h2-5,9-11,26,28,30-31H,6-8,12H2,1H3;1-5,7,9-10,23-25H,6,8,11H2,(H,22,26)(H,27,28);2,4,6-7,9,25-27H,3,5,8H2,(H,29,30)(H,22,23,24,28);1-8,21,23-24H,9-10H2,(H,25,26);1-5,8-9,21,23-24H,6-7H2,(H,25,26). The number of para-hydroxylation sites is 1. The summed E-state index contributed by atoms with van der Waals surface area (Å²) >= 11 is 5.09.